The van der Waals surface area contributed by atoms with Gasteiger partial charge in [0.1, 0.15) is 0 Å². The quantitative estimate of drug-likeness (QED) is 0.529. The predicted octanol–water partition coefficient (Wildman–Crippen LogP) is 4.81. The number of hydrogen-bond donors (Lipinski definition) is 1. The molecule has 142 valence electrons. The smallest absolute Gasteiger partial charge is 0.258 e. The molecule has 3 rings (SSSR count). The molecule has 0 saturated carbocycles. The number of carbonyl (C=O) groups is 2. The van der Waals surface area contributed by atoms with Gasteiger partial charge in [-0.2, -0.15) is 0 Å². The maximum absolute atomic E-state index is 13.0. The Kier molecular flexibility index (Phi) is 6.46. The van der Waals surface area contributed by atoms with Gasteiger partial charge >= 0.3 is 0 Å². The lowest BCUT2D eigenvalue weighted by Gasteiger charge is -2.21. The monoisotopic (exact) mass is 484 g/mol. The van der Waals surface area contributed by atoms with Gasteiger partial charge in [0.15, 0.2) is 0 Å². The van der Waals surface area contributed by atoms with Crippen molar-refractivity contribution < 1.29 is 9.59 Å². The van der Waals surface area contributed by atoms with Crippen LogP contribution in [0.1, 0.15) is 31.8 Å². The van der Waals surface area contributed by atoms with E-state index in [0.717, 1.165) is 14.7 Å². The third kappa shape index (κ3) is 4.59. The second-order valence-corrected chi connectivity index (χ2v) is 7.68. The van der Waals surface area contributed by atoms with E-state index in [1.165, 1.54) is 4.90 Å². The number of benzene rings is 3. The summed E-state index contributed by atoms with van der Waals surface area (Å²) in [6.07, 6.45) is 0. The molecular formula is C23H21IN2O2. The van der Waals surface area contributed by atoms with Crippen molar-refractivity contribution in [3.05, 3.63) is 98.6 Å². The molecule has 0 fully saturated rings. The Balaban J connectivity index is 1.81. The van der Waals surface area contributed by atoms with E-state index in [1.54, 1.807) is 25.2 Å². The summed E-state index contributed by atoms with van der Waals surface area (Å²) in [5.41, 5.74) is 3.79. The summed E-state index contributed by atoms with van der Waals surface area (Å²) < 4.78 is 1.03. The van der Waals surface area contributed by atoms with Crippen LogP contribution in [0.15, 0.2) is 72.8 Å². The number of nitrogens with zero attached hydrogens (tertiary/aromatic N) is 1. The number of carbonyl (C=O) groups excluding carboxylic acids is 2. The summed E-state index contributed by atoms with van der Waals surface area (Å²) in [6.45, 7) is 2.44. The average Bonchev–Trinajstić information content (AvgIpc) is 2.73. The molecule has 3 aromatic rings. The van der Waals surface area contributed by atoms with E-state index in [2.05, 4.69) is 27.9 Å². The number of aryl methyl sites for hydroxylation is 1. The van der Waals surface area contributed by atoms with Crippen molar-refractivity contribution in [2.24, 2.45) is 0 Å². The Morgan fingerprint density at radius 1 is 0.964 bits per heavy atom. The Hall–Kier alpha value is -2.67. The molecule has 0 unspecified atom stereocenters. The number of anilines is 1. The third-order valence-electron chi connectivity index (χ3n) is 4.53. The highest BCUT2D eigenvalue weighted by molar-refractivity contribution is 14.1. The van der Waals surface area contributed by atoms with Gasteiger partial charge in [0.05, 0.1) is 11.3 Å². The minimum atomic E-state index is -0.211. The van der Waals surface area contributed by atoms with Crippen molar-refractivity contribution in [1.29, 1.82) is 0 Å². The molecule has 5 heteroatoms. The molecule has 0 radical (unpaired) electrons. The van der Waals surface area contributed by atoms with E-state index in [4.69, 9.17) is 0 Å². The van der Waals surface area contributed by atoms with E-state index in [1.807, 2.05) is 61.5 Å². The molecular weight excluding hydrogens is 463 g/mol. The second kappa shape index (κ2) is 9.01. The fourth-order valence-electron chi connectivity index (χ4n) is 2.86. The summed E-state index contributed by atoms with van der Waals surface area (Å²) in [5, 5.41) is 2.93. The van der Waals surface area contributed by atoms with Crippen molar-refractivity contribution in [2.75, 3.05) is 11.9 Å². The van der Waals surface area contributed by atoms with Gasteiger partial charge in [-0.25, -0.2) is 0 Å². The fourth-order valence-corrected chi connectivity index (χ4v) is 3.38. The van der Waals surface area contributed by atoms with Gasteiger partial charge in [0.2, 0.25) is 0 Å². The standard InChI is InChI=1S/C23H21IN2O2/c1-16-12-13-18(14-20(16)24)23(28)26(2)21-11-7-6-10-19(21)22(27)25-15-17-8-4-3-5-9-17/h3-14H,15H2,1-2H3,(H,25,27). The lowest BCUT2D eigenvalue weighted by Crippen LogP contribution is -2.30. The molecule has 0 saturated heterocycles. The van der Waals surface area contributed by atoms with Gasteiger partial charge in [0, 0.05) is 22.7 Å². The first kappa shape index (κ1) is 20.1. The second-order valence-electron chi connectivity index (χ2n) is 6.51. The Morgan fingerprint density at radius 3 is 2.36 bits per heavy atom. The van der Waals surface area contributed by atoms with Crippen molar-refractivity contribution in [3.63, 3.8) is 0 Å². The van der Waals surface area contributed by atoms with Crippen molar-refractivity contribution >= 4 is 40.1 Å². The SMILES string of the molecule is Cc1ccc(C(=O)N(C)c2ccccc2C(=O)NCc2ccccc2)cc1I. The van der Waals surface area contributed by atoms with Crippen LogP contribution in [0.5, 0.6) is 0 Å². The van der Waals surface area contributed by atoms with Gasteiger partial charge in [-0.05, 0) is 64.9 Å². The zero-order chi connectivity index (χ0) is 20.1. The van der Waals surface area contributed by atoms with Crippen LogP contribution < -0.4 is 10.2 Å². The maximum atomic E-state index is 13.0. The number of para-hydroxylation sites is 1. The lowest BCUT2D eigenvalue weighted by atomic mass is 10.1. The van der Waals surface area contributed by atoms with E-state index in [0.29, 0.717) is 23.4 Å². The molecule has 0 aliphatic rings. The van der Waals surface area contributed by atoms with Crippen LogP contribution in [0.4, 0.5) is 5.69 Å². The normalized spacial score (nSPS) is 10.4. The molecule has 3 aromatic carbocycles. The summed E-state index contributed by atoms with van der Waals surface area (Å²) >= 11 is 2.22. The number of rotatable bonds is 5. The highest BCUT2D eigenvalue weighted by atomic mass is 127. The summed E-state index contributed by atoms with van der Waals surface area (Å²) in [5.74, 6) is -0.362. The van der Waals surface area contributed by atoms with E-state index >= 15 is 0 Å². The van der Waals surface area contributed by atoms with Gasteiger partial charge < -0.3 is 10.2 Å². The van der Waals surface area contributed by atoms with Crippen LogP contribution in [0, 0.1) is 10.5 Å². The molecule has 0 heterocycles. The lowest BCUT2D eigenvalue weighted by molar-refractivity contribution is 0.0951. The van der Waals surface area contributed by atoms with Crippen LogP contribution in [-0.4, -0.2) is 18.9 Å². The average molecular weight is 484 g/mol. The summed E-state index contributed by atoms with van der Waals surface area (Å²) in [7, 11) is 1.69. The fraction of sp³-hybridized carbons (Fsp3) is 0.130. The van der Waals surface area contributed by atoms with Crippen LogP contribution in [0.3, 0.4) is 0 Å². The Bertz CT molecular complexity index is 1000. The maximum Gasteiger partial charge on any atom is 0.258 e. The summed E-state index contributed by atoms with van der Waals surface area (Å²) in [4.78, 5) is 27.2. The molecule has 0 bridgehead atoms. The molecule has 0 atom stereocenters. The number of hydrogen-bond acceptors (Lipinski definition) is 2. The molecule has 2 amide bonds. The first-order chi connectivity index (χ1) is 13.5. The van der Waals surface area contributed by atoms with Crippen molar-refractivity contribution in [3.8, 4) is 0 Å². The minimum Gasteiger partial charge on any atom is -0.348 e. The van der Waals surface area contributed by atoms with E-state index in [9.17, 15) is 9.59 Å². The van der Waals surface area contributed by atoms with Gasteiger partial charge in [0.25, 0.3) is 11.8 Å². The van der Waals surface area contributed by atoms with Crippen LogP contribution in [0.25, 0.3) is 0 Å². The number of halogens is 1. The third-order valence-corrected chi connectivity index (χ3v) is 5.69. The van der Waals surface area contributed by atoms with E-state index in [-0.39, 0.29) is 11.8 Å². The van der Waals surface area contributed by atoms with Crippen LogP contribution in [-0.2, 0) is 6.54 Å². The van der Waals surface area contributed by atoms with Crippen LogP contribution >= 0.6 is 22.6 Å². The highest BCUT2D eigenvalue weighted by Crippen LogP contribution is 2.22. The molecule has 4 nitrogen and oxygen atoms in total. The van der Waals surface area contributed by atoms with Gasteiger partial charge in [-0.1, -0.05) is 48.5 Å². The number of nitrogens with one attached hydrogen (secondary N) is 1. The van der Waals surface area contributed by atoms with Gasteiger partial charge in [-0.3, -0.25) is 9.59 Å². The number of amides is 2. The molecule has 0 aliphatic carbocycles. The van der Waals surface area contributed by atoms with Gasteiger partial charge in [-0.15, -0.1) is 0 Å². The minimum absolute atomic E-state index is 0.152. The molecule has 0 spiro atoms. The Morgan fingerprint density at radius 2 is 1.64 bits per heavy atom. The summed E-state index contributed by atoms with van der Waals surface area (Å²) in [6, 6.07) is 22.5. The molecule has 0 aromatic heterocycles. The van der Waals surface area contributed by atoms with E-state index < -0.39 is 0 Å². The molecule has 1 N–H and O–H groups in total. The molecule has 0 aliphatic heterocycles. The van der Waals surface area contributed by atoms with Crippen molar-refractivity contribution in [1.82, 2.24) is 5.32 Å². The first-order valence-corrected chi connectivity index (χ1v) is 10.0. The highest BCUT2D eigenvalue weighted by Gasteiger charge is 2.20. The van der Waals surface area contributed by atoms with Crippen molar-refractivity contribution in [2.45, 2.75) is 13.5 Å². The largest absolute Gasteiger partial charge is 0.348 e. The van der Waals surface area contributed by atoms with Crippen LogP contribution in [0.2, 0.25) is 0 Å². The zero-order valence-electron chi connectivity index (χ0n) is 15.8. The topological polar surface area (TPSA) is 49.4 Å². The first-order valence-electron chi connectivity index (χ1n) is 8.92. The Labute approximate surface area is 178 Å². The predicted molar refractivity (Wildman–Crippen MR) is 121 cm³/mol. The molecule has 28 heavy (non-hydrogen) atoms. The zero-order valence-corrected chi connectivity index (χ0v) is 17.9.